The van der Waals surface area contributed by atoms with Gasteiger partial charge in [-0.3, -0.25) is 9.59 Å². The molecule has 4 saturated carbocycles. The molecule has 0 heterocycles. The fourth-order valence-corrected chi connectivity index (χ4v) is 9.41. The molecule has 2 amide bonds. The molecule has 41 heavy (non-hydrogen) atoms. The number of fused-ring (bicyclic) bond motifs is 4. The molecule has 4 aliphatic carbocycles. The molecule has 0 saturated heterocycles. The Balaban J connectivity index is 1.08. The number of nitrogens with one attached hydrogen (secondary N) is 2. The van der Waals surface area contributed by atoms with Crippen molar-refractivity contribution in [1.82, 2.24) is 0 Å². The van der Waals surface area contributed by atoms with Crippen LogP contribution in [-0.4, -0.2) is 34.2 Å². The van der Waals surface area contributed by atoms with Crippen LogP contribution in [0.15, 0.2) is 48.5 Å². The van der Waals surface area contributed by atoms with Gasteiger partial charge in [-0.2, -0.15) is 0 Å². The fourth-order valence-electron chi connectivity index (χ4n) is 9.41. The molecular formula is C35H46N2O4. The van der Waals surface area contributed by atoms with Crippen molar-refractivity contribution in [3.63, 3.8) is 0 Å². The molecule has 0 aliphatic heterocycles. The fraction of sp³-hybridized carbons (Fsp3) is 0.600. The van der Waals surface area contributed by atoms with Crippen molar-refractivity contribution in [3.8, 4) is 0 Å². The van der Waals surface area contributed by atoms with Crippen molar-refractivity contribution >= 4 is 23.2 Å². The van der Waals surface area contributed by atoms with Gasteiger partial charge >= 0.3 is 0 Å². The first kappa shape index (κ1) is 28.4. The maximum Gasteiger partial charge on any atom is 0.231 e. The molecule has 0 radical (unpaired) electrons. The van der Waals surface area contributed by atoms with E-state index in [1.807, 2.05) is 48.5 Å². The Morgan fingerprint density at radius 1 is 0.634 bits per heavy atom. The summed E-state index contributed by atoms with van der Waals surface area (Å²) in [6.07, 6.45) is 4.27. The number of hydrogen-bond acceptors (Lipinski definition) is 4. The summed E-state index contributed by atoms with van der Waals surface area (Å²) in [5.74, 6) is 0.0378. The van der Waals surface area contributed by atoms with E-state index in [0.717, 1.165) is 54.6 Å². The van der Waals surface area contributed by atoms with E-state index in [9.17, 15) is 19.8 Å². The van der Waals surface area contributed by atoms with Crippen molar-refractivity contribution in [2.45, 2.75) is 98.7 Å². The summed E-state index contributed by atoms with van der Waals surface area (Å²) in [7, 11) is 0. The predicted molar refractivity (Wildman–Crippen MR) is 161 cm³/mol. The third-order valence-electron chi connectivity index (χ3n) is 13.6. The third-order valence-corrected chi connectivity index (χ3v) is 13.6. The molecule has 6 rings (SSSR count). The topological polar surface area (TPSA) is 98.7 Å². The van der Waals surface area contributed by atoms with Crippen LogP contribution in [0, 0.1) is 32.5 Å². The van der Waals surface area contributed by atoms with Crippen LogP contribution in [0.3, 0.4) is 0 Å². The molecule has 4 aliphatic rings. The van der Waals surface area contributed by atoms with Crippen molar-refractivity contribution in [1.29, 1.82) is 0 Å². The van der Waals surface area contributed by atoms with E-state index in [-0.39, 0.29) is 33.5 Å². The quantitative estimate of drug-likeness (QED) is 0.334. The molecule has 2 aromatic rings. The molecule has 0 spiro atoms. The second-order valence-electron chi connectivity index (χ2n) is 15.2. The average molecular weight is 559 g/mol. The maximum atomic E-state index is 13.5. The van der Waals surface area contributed by atoms with E-state index in [1.165, 1.54) is 0 Å². The van der Waals surface area contributed by atoms with Gasteiger partial charge in [0.15, 0.2) is 0 Å². The molecule has 4 fully saturated rings. The SMILES string of the molecule is CC12CCC(C(=O)Nc3ccc(Cc4ccc(NC(=O)C56CCC(C)(C(O)C5)C6(C)C)cc4)cc3)(CC1O)C2(C)C. The van der Waals surface area contributed by atoms with E-state index in [0.29, 0.717) is 12.8 Å². The molecule has 220 valence electrons. The number of hydrogen-bond donors (Lipinski definition) is 4. The van der Waals surface area contributed by atoms with E-state index >= 15 is 0 Å². The Kier molecular flexibility index (Phi) is 6.17. The van der Waals surface area contributed by atoms with E-state index in [4.69, 9.17) is 0 Å². The van der Waals surface area contributed by atoms with Crippen LogP contribution in [-0.2, 0) is 16.0 Å². The first-order valence-electron chi connectivity index (χ1n) is 15.3. The summed E-state index contributed by atoms with van der Waals surface area (Å²) in [5.41, 5.74) is 1.77. The van der Waals surface area contributed by atoms with Crippen LogP contribution in [0.25, 0.3) is 0 Å². The third kappa shape index (κ3) is 3.62. The van der Waals surface area contributed by atoms with Gasteiger partial charge in [0.2, 0.25) is 11.8 Å². The molecular weight excluding hydrogens is 512 g/mol. The van der Waals surface area contributed by atoms with Crippen LogP contribution >= 0.6 is 0 Å². The largest absolute Gasteiger partial charge is 0.393 e. The lowest BCUT2D eigenvalue weighted by molar-refractivity contribution is -0.131. The Bertz CT molecular complexity index is 1280. The Labute approximate surface area is 244 Å². The maximum absolute atomic E-state index is 13.5. The normalized spacial score (nSPS) is 37.8. The number of carbonyl (C=O) groups is 2. The van der Waals surface area contributed by atoms with Gasteiger partial charge in [-0.05, 0) is 102 Å². The molecule has 4 N–H and O–H groups in total. The van der Waals surface area contributed by atoms with Crippen LogP contribution in [0.5, 0.6) is 0 Å². The molecule has 0 aromatic heterocycles. The minimum Gasteiger partial charge on any atom is -0.393 e. The van der Waals surface area contributed by atoms with Gasteiger partial charge in [0, 0.05) is 11.4 Å². The van der Waals surface area contributed by atoms with Crippen molar-refractivity contribution < 1.29 is 19.8 Å². The minimum atomic E-state index is -0.540. The number of amides is 2. The second-order valence-corrected chi connectivity index (χ2v) is 15.2. The first-order chi connectivity index (χ1) is 19.1. The smallest absolute Gasteiger partial charge is 0.231 e. The summed E-state index contributed by atoms with van der Waals surface area (Å²) in [6.45, 7) is 12.8. The van der Waals surface area contributed by atoms with E-state index < -0.39 is 23.0 Å². The number of anilines is 2. The zero-order chi connectivity index (χ0) is 29.6. The standard InChI is InChI=1S/C35H46N2O4/c1-30(2)32(5)15-17-34(30,20-26(32)38)28(40)36-24-11-7-22(8-12-24)19-23-9-13-25(14-10-23)37-29(41)35-18-16-33(6,27(39)21-35)31(35,3)4/h7-14,26-27,38-39H,15-21H2,1-6H3,(H,36,40)(H,37,41). The van der Waals surface area contributed by atoms with Crippen molar-refractivity contribution in [3.05, 3.63) is 59.7 Å². The summed E-state index contributed by atoms with van der Waals surface area (Å²) in [4.78, 5) is 27.0. The monoisotopic (exact) mass is 558 g/mol. The highest BCUT2D eigenvalue weighted by Gasteiger charge is 2.73. The molecule has 6 atom stereocenters. The van der Waals surface area contributed by atoms with Gasteiger partial charge in [-0.1, -0.05) is 65.8 Å². The van der Waals surface area contributed by atoms with Crippen molar-refractivity contribution in [2.24, 2.45) is 32.5 Å². The Morgan fingerprint density at radius 3 is 1.24 bits per heavy atom. The average Bonchev–Trinajstić information content (AvgIpc) is 3.39. The van der Waals surface area contributed by atoms with Gasteiger partial charge in [0.05, 0.1) is 23.0 Å². The van der Waals surface area contributed by atoms with Gasteiger partial charge in [0.25, 0.3) is 0 Å². The molecule has 6 unspecified atom stereocenters. The van der Waals surface area contributed by atoms with Crippen LogP contribution in [0.2, 0.25) is 0 Å². The lowest BCUT2D eigenvalue weighted by Crippen LogP contribution is -2.43. The van der Waals surface area contributed by atoms with Gasteiger partial charge in [-0.15, -0.1) is 0 Å². The zero-order valence-electron chi connectivity index (χ0n) is 25.4. The number of benzene rings is 2. The van der Waals surface area contributed by atoms with E-state index in [2.05, 4.69) is 52.2 Å². The Hall–Kier alpha value is -2.70. The molecule has 4 bridgehead atoms. The number of carbonyl (C=O) groups excluding carboxylic acids is 2. The predicted octanol–water partition coefficient (Wildman–Crippen LogP) is 6.31. The summed E-state index contributed by atoms with van der Waals surface area (Å²) in [6, 6.07) is 16.0. The van der Waals surface area contributed by atoms with Gasteiger partial charge < -0.3 is 20.8 Å². The first-order valence-corrected chi connectivity index (χ1v) is 15.3. The minimum absolute atomic E-state index is 0.0189. The summed E-state index contributed by atoms with van der Waals surface area (Å²) < 4.78 is 0. The highest BCUT2D eigenvalue weighted by Crippen LogP contribution is 2.73. The van der Waals surface area contributed by atoms with Crippen LogP contribution in [0.4, 0.5) is 11.4 Å². The number of aliphatic hydroxyl groups excluding tert-OH is 2. The molecule has 2 aromatic carbocycles. The lowest BCUT2D eigenvalue weighted by Gasteiger charge is -2.40. The Morgan fingerprint density at radius 2 is 0.976 bits per heavy atom. The highest BCUT2D eigenvalue weighted by molar-refractivity contribution is 5.97. The van der Waals surface area contributed by atoms with Crippen LogP contribution < -0.4 is 10.6 Å². The summed E-state index contributed by atoms with van der Waals surface area (Å²) >= 11 is 0. The van der Waals surface area contributed by atoms with Crippen LogP contribution in [0.1, 0.15) is 91.2 Å². The van der Waals surface area contributed by atoms with E-state index in [1.54, 1.807) is 0 Å². The van der Waals surface area contributed by atoms with Crippen molar-refractivity contribution in [2.75, 3.05) is 10.6 Å². The molecule has 6 heteroatoms. The van der Waals surface area contributed by atoms with Gasteiger partial charge in [-0.25, -0.2) is 0 Å². The summed E-state index contributed by atoms with van der Waals surface area (Å²) in [5, 5.41) is 27.8. The second kappa shape index (κ2) is 8.90. The lowest BCUT2D eigenvalue weighted by atomic mass is 9.64. The van der Waals surface area contributed by atoms with Gasteiger partial charge in [0.1, 0.15) is 0 Å². The highest BCUT2D eigenvalue weighted by atomic mass is 16.3. The zero-order valence-corrected chi connectivity index (χ0v) is 25.4. The number of aliphatic hydroxyl groups is 2. The molecule has 6 nitrogen and oxygen atoms in total. The number of rotatable bonds is 6.